The van der Waals surface area contributed by atoms with Crippen LogP contribution in [0.2, 0.25) is 0 Å². The van der Waals surface area contributed by atoms with Crippen LogP contribution in [0, 0.1) is 17.8 Å². The number of nitrogens with one attached hydrogen (secondary N) is 1. The summed E-state index contributed by atoms with van der Waals surface area (Å²) in [6.07, 6.45) is 22.2. The number of hydrogen-bond donors (Lipinski definition) is 2. The molecule has 3 heteroatoms. The van der Waals surface area contributed by atoms with Crippen molar-refractivity contribution in [2.24, 2.45) is 17.8 Å². The van der Waals surface area contributed by atoms with Crippen molar-refractivity contribution in [3.05, 3.63) is 23.3 Å². The third-order valence-corrected chi connectivity index (χ3v) is 7.36. The Balaban J connectivity index is 0.000000661. The summed E-state index contributed by atoms with van der Waals surface area (Å²) in [6.45, 7) is 13.0. The molecule has 3 nitrogen and oxygen atoms in total. The topological polar surface area (TPSA) is 35.5 Å². The molecule has 32 heavy (non-hydrogen) atoms. The minimum atomic E-state index is 0.804. The van der Waals surface area contributed by atoms with Crippen molar-refractivity contribution in [1.29, 1.82) is 0 Å². The van der Waals surface area contributed by atoms with E-state index in [1.165, 1.54) is 102 Å². The van der Waals surface area contributed by atoms with Crippen molar-refractivity contribution in [2.45, 2.75) is 105 Å². The molecule has 0 aromatic heterocycles. The fourth-order valence-electron chi connectivity index (χ4n) is 5.42. The molecule has 3 fully saturated rings. The molecule has 3 aliphatic rings. The summed E-state index contributed by atoms with van der Waals surface area (Å²) < 4.78 is 0. The Morgan fingerprint density at radius 2 is 1.28 bits per heavy atom. The number of aliphatic hydroxyl groups excluding tert-OH is 1. The van der Waals surface area contributed by atoms with Gasteiger partial charge in [0.05, 0.1) is 0 Å². The highest BCUT2D eigenvalue weighted by Crippen LogP contribution is 2.31. The third-order valence-electron chi connectivity index (χ3n) is 7.36. The smallest absolute Gasteiger partial charge is 0.0319 e. The zero-order valence-electron chi connectivity index (χ0n) is 22.9. The van der Waals surface area contributed by atoms with E-state index in [0.29, 0.717) is 0 Å². The van der Waals surface area contributed by atoms with E-state index < -0.39 is 0 Å². The summed E-state index contributed by atoms with van der Waals surface area (Å²) in [5.74, 6) is 2.84. The van der Waals surface area contributed by atoms with Gasteiger partial charge in [-0.15, -0.1) is 0 Å². The van der Waals surface area contributed by atoms with Crippen molar-refractivity contribution < 1.29 is 5.11 Å². The highest BCUT2D eigenvalue weighted by Gasteiger charge is 2.24. The van der Waals surface area contributed by atoms with Crippen molar-refractivity contribution in [3.8, 4) is 0 Å². The second-order valence-electron chi connectivity index (χ2n) is 10.0. The van der Waals surface area contributed by atoms with E-state index in [-0.39, 0.29) is 0 Å². The second-order valence-corrected chi connectivity index (χ2v) is 10.0. The Labute approximate surface area is 202 Å². The summed E-state index contributed by atoms with van der Waals surface area (Å²) in [4.78, 5) is 2.74. The molecule has 0 unspecified atom stereocenters. The van der Waals surface area contributed by atoms with Gasteiger partial charge >= 0.3 is 0 Å². The predicted molar refractivity (Wildman–Crippen MR) is 144 cm³/mol. The Morgan fingerprint density at radius 1 is 0.812 bits per heavy atom. The average Bonchev–Trinajstić information content (AvgIpc) is 2.84. The van der Waals surface area contributed by atoms with Crippen molar-refractivity contribution in [3.63, 3.8) is 0 Å². The molecule has 1 heterocycles. The Kier molecular flexibility index (Phi) is 20.5. The van der Waals surface area contributed by atoms with Gasteiger partial charge in [-0.25, -0.2) is 0 Å². The maximum atomic E-state index is 7.00. The van der Waals surface area contributed by atoms with E-state index in [0.717, 1.165) is 24.9 Å². The molecule has 2 saturated carbocycles. The number of piperidine rings is 1. The molecule has 190 valence electrons. The zero-order chi connectivity index (χ0) is 24.2. The Bertz CT molecular complexity index is 466. The normalized spacial score (nSPS) is 22.0. The van der Waals surface area contributed by atoms with E-state index in [1.807, 2.05) is 14.1 Å². The minimum absolute atomic E-state index is 0.804. The summed E-state index contributed by atoms with van der Waals surface area (Å²) in [7, 11) is 4.75. The molecule has 0 atom stereocenters. The summed E-state index contributed by atoms with van der Waals surface area (Å²) in [5.41, 5.74) is 3.09. The van der Waals surface area contributed by atoms with Gasteiger partial charge in [0.1, 0.15) is 0 Å². The first-order valence-corrected chi connectivity index (χ1v) is 13.6. The van der Waals surface area contributed by atoms with E-state index in [9.17, 15) is 0 Å². The van der Waals surface area contributed by atoms with Gasteiger partial charge < -0.3 is 15.3 Å². The van der Waals surface area contributed by atoms with Crippen LogP contribution >= 0.6 is 0 Å². The lowest BCUT2D eigenvalue weighted by atomic mass is 9.84. The summed E-state index contributed by atoms with van der Waals surface area (Å²) in [6, 6.07) is 0. The summed E-state index contributed by atoms with van der Waals surface area (Å²) in [5, 5.41) is 9.75. The van der Waals surface area contributed by atoms with E-state index in [4.69, 9.17) is 5.11 Å². The van der Waals surface area contributed by atoms with Crippen molar-refractivity contribution in [2.75, 3.05) is 40.8 Å². The zero-order valence-corrected chi connectivity index (χ0v) is 22.9. The van der Waals surface area contributed by atoms with Crippen molar-refractivity contribution in [1.82, 2.24) is 10.2 Å². The highest BCUT2D eigenvalue weighted by molar-refractivity contribution is 5.30. The first-order valence-electron chi connectivity index (χ1n) is 13.6. The number of hydrogen-bond acceptors (Lipinski definition) is 3. The molecule has 0 aromatic carbocycles. The Morgan fingerprint density at radius 3 is 1.66 bits per heavy atom. The van der Waals surface area contributed by atoms with Crippen LogP contribution in [0.1, 0.15) is 105 Å². The van der Waals surface area contributed by atoms with Gasteiger partial charge in [-0.1, -0.05) is 76.0 Å². The third kappa shape index (κ3) is 13.8. The fourth-order valence-corrected chi connectivity index (χ4v) is 5.42. The molecule has 0 spiro atoms. The standard InChI is InChI=1S/C19H33N.C7H14.C2H7N.CH4O/c1-4-16(3)19(5-2)18-11-13-20(14-12-18)15-17-9-7-6-8-10-17;1-7-5-3-2-4-6-7;1-3-2;1-2/h4-5,17-18H,6-15H2,1-3H3;7H,2-6H2,1H3;3H,1-2H3;2H,1H3/b16-4+,19-5+;;;. The molecule has 0 aromatic rings. The molecule has 0 bridgehead atoms. The highest BCUT2D eigenvalue weighted by atomic mass is 16.2. The quantitative estimate of drug-likeness (QED) is 0.444. The molecule has 2 N–H and O–H groups in total. The number of likely N-dealkylation sites (tertiary alicyclic amines) is 1. The van der Waals surface area contributed by atoms with Crippen molar-refractivity contribution >= 4 is 0 Å². The van der Waals surface area contributed by atoms with Gasteiger partial charge in [-0.05, 0) is 97.0 Å². The largest absolute Gasteiger partial charge is 0.400 e. The summed E-state index contributed by atoms with van der Waals surface area (Å²) >= 11 is 0. The number of aliphatic hydroxyl groups is 1. The maximum absolute atomic E-state index is 7.00. The van der Waals surface area contributed by atoms with Gasteiger partial charge in [0, 0.05) is 13.7 Å². The molecular weight excluding hydrogens is 392 g/mol. The molecule has 0 radical (unpaired) electrons. The molecule has 1 aliphatic heterocycles. The number of nitrogens with zero attached hydrogens (tertiary/aromatic N) is 1. The first-order chi connectivity index (χ1) is 15.5. The molecule has 0 amide bonds. The van der Waals surface area contributed by atoms with Gasteiger partial charge in [-0.3, -0.25) is 0 Å². The lowest BCUT2D eigenvalue weighted by Gasteiger charge is -2.36. The minimum Gasteiger partial charge on any atom is -0.400 e. The maximum Gasteiger partial charge on any atom is 0.0319 e. The van der Waals surface area contributed by atoms with Gasteiger partial charge in [0.15, 0.2) is 0 Å². The van der Waals surface area contributed by atoms with E-state index in [1.54, 1.807) is 5.57 Å². The lowest BCUT2D eigenvalue weighted by molar-refractivity contribution is 0.155. The van der Waals surface area contributed by atoms with Crippen LogP contribution in [0.3, 0.4) is 0 Å². The van der Waals surface area contributed by atoms with Gasteiger partial charge in [0.25, 0.3) is 0 Å². The number of rotatable bonds is 4. The predicted octanol–water partition coefficient (Wildman–Crippen LogP) is 7.22. The van der Waals surface area contributed by atoms with Crippen LogP contribution in [0.15, 0.2) is 23.3 Å². The van der Waals surface area contributed by atoms with Crippen LogP contribution in [0.5, 0.6) is 0 Å². The lowest BCUT2D eigenvalue weighted by Crippen LogP contribution is -2.38. The van der Waals surface area contributed by atoms with Crippen LogP contribution < -0.4 is 5.32 Å². The molecule has 2 aliphatic carbocycles. The van der Waals surface area contributed by atoms with Crippen LogP contribution in [0.25, 0.3) is 0 Å². The molecule has 3 rings (SSSR count). The average molecular weight is 451 g/mol. The first kappa shape index (κ1) is 31.4. The molecule has 1 saturated heterocycles. The van der Waals surface area contributed by atoms with E-state index >= 15 is 0 Å². The molecular formula is C29H58N2O. The monoisotopic (exact) mass is 450 g/mol. The van der Waals surface area contributed by atoms with Crippen LogP contribution in [-0.2, 0) is 0 Å². The van der Waals surface area contributed by atoms with Crippen LogP contribution in [0.4, 0.5) is 0 Å². The van der Waals surface area contributed by atoms with E-state index in [2.05, 4.69) is 50.1 Å². The van der Waals surface area contributed by atoms with Gasteiger partial charge in [0.2, 0.25) is 0 Å². The Hall–Kier alpha value is -0.640. The second kappa shape index (κ2) is 20.9. The SMILES string of the molecule is C/C=C(\C(C)=C\C)C1CCN(CC2CCCCC2)CC1.CC1CCCCC1.CNC.CO. The number of allylic oxidation sites excluding steroid dienone is 4. The fraction of sp³-hybridized carbons (Fsp3) is 0.862. The van der Waals surface area contributed by atoms with Gasteiger partial charge in [-0.2, -0.15) is 0 Å². The van der Waals surface area contributed by atoms with Crippen LogP contribution in [-0.4, -0.2) is 50.8 Å².